The van der Waals surface area contributed by atoms with E-state index in [0.717, 1.165) is 5.01 Å². The third-order valence-electron chi connectivity index (χ3n) is 4.83. The highest BCUT2D eigenvalue weighted by atomic mass is 35.5. The van der Waals surface area contributed by atoms with E-state index in [1.807, 2.05) is 0 Å². The smallest absolute Gasteiger partial charge is 0.333 e. The Hall–Kier alpha value is -2.89. The number of carbonyl (C=O) groups excluding carboxylic acids is 1. The molecule has 1 aliphatic rings. The minimum Gasteiger partial charge on any atom is -0.491 e. The molecular weight excluding hydrogens is 459 g/mol. The number of halogens is 2. The zero-order valence-corrected chi connectivity index (χ0v) is 18.2. The summed E-state index contributed by atoms with van der Waals surface area (Å²) in [5, 5.41) is 5.90. The number of urea groups is 1. The van der Waals surface area contributed by atoms with E-state index >= 15 is 0 Å². The van der Waals surface area contributed by atoms with Gasteiger partial charge in [-0.3, -0.25) is 0 Å². The van der Waals surface area contributed by atoms with Crippen LogP contribution >= 0.6 is 23.2 Å². The number of hydrazine groups is 1. The molecule has 4 N–H and O–H groups in total. The summed E-state index contributed by atoms with van der Waals surface area (Å²) in [5.41, 5.74) is 6.23. The quantitative estimate of drug-likeness (QED) is 0.303. The van der Waals surface area contributed by atoms with Crippen LogP contribution in [0.5, 0.6) is 5.75 Å². The predicted molar refractivity (Wildman–Crippen MR) is 117 cm³/mol. The Balaban J connectivity index is 1.47. The Labute approximate surface area is 193 Å². The minimum atomic E-state index is -1.19. The van der Waals surface area contributed by atoms with Crippen molar-refractivity contribution < 1.29 is 19.0 Å². The third-order valence-corrected chi connectivity index (χ3v) is 5.37. The van der Waals surface area contributed by atoms with E-state index in [9.17, 15) is 4.79 Å². The summed E-state index contributed by atoms with van der Waals surface area (Å²) < 4.78 is 19.8. The molecule has 1 aromatic heterocycles. The molecule has 0 spiro atoms. The van der Waals surface area contributed by atoms with Gasteiger partial charge in [-0.15, -0.1) is 0 Å². The summed E-state index contributed by atoms with van der Waals surface area (Å²) in [6.07, 6.45) is 2.61. The van der Waals surface area contributed by atoms with Crippen molar-refractivity contribution in [3.63, 3.8) is 0 Å². The molecule has 0 saturated carbocycles. The van der Waals surface area contributed by atoms with Gasteiger partial charge in [-0.05, 0) is 36.4 Å². The van der Waals surface area contributed by atoms with Crippen molar-refractivity contribution in [1.29, 1.82) is 0 Å². The average molecular weight is 479 g/mol. The highest BCUT2D eigenvalue weighted by Crippen LogP contribution is 2.40. The van der Waals surface area contributed by atoms with Crippen LogP contribution in [-0.4, -0.2) is 40.1 Å². The van der Waals surface area contributed by atoms with Crippen molar-refractivity contribution in [2.45, 2.75) is 18.4 Å². The van der Waals surface area contributed by atoms with Crippen LogP contribution in [0.2, 0.25) is 10.0 Å². The molecule has 168 valence electrons. The first-order valence-electron chi connectivity index (χ1n) is 9.53. The fourth-order valence-corrected chi connectivity index (χ4v) is 3.85. The maximum atomic E-state index is 11.2. The fraction of sp³-hybridized carbons (Fsp3) is 0.250. The monoisotopic (exact) mass is 478 g/mol. The largest absolute Gasteiger partial charge is 0.491 e. The number of aromatic nitrogens is 3. The molecule has 4 rings (SSSR count). The molecule has 1 fully saturated rings. The van der Waals surface area contributed by atoms with Crippen molar-refractivity contribution in [2.24, 2.45) is 11.6 Å². The van der Waals surface area contributed by atoms with Gasteiger partial charge in [-0.2, -0.15) is 5.10 Å². The first-order chi connectivity index (χ1) is 15.4. The van der Waals surface area contributed by atoms with Crippen LogP contribution in [-0.2, 0) is 21.8 Å². The van der Waals surface area contributed by atoms with Crippen LogP contribution in [0.4, 0.5) is 10.5 Å². The normalized spacial score (nSPS) is 20.3. The minimum absolute atomic E-state index is 0.214. The summed E-state index contributed by atoms with van der Waals surface area (Å²) in [5.74, 6) is 4.95. The zero-order chi connectivity index (χ0) is 22.7. The number of anilines is 1. The lowest BCUT2D eigenvalue weighted by atomic mass is 10.1. The Morgan fingerprint density at radius 3 is 2.72 bits per heavy atom. The predicted octanol–water partition coefficient (Wildman–Crippen LogP) is 2.69. The number of nitrogens with two attached hydrogens (primary N) is 2. The van der Waals surface area contributed by atoms with Crippen molar-refractivity contribution in [3.8, 4) is 5.75 Å². The molecule has 0 radical (unpaired) electrons. The molecule has 0 bridgehead atoms. The van der Waals surface area contributed by atoms with Gasteiger partial charge in [0, 0.05) is 10.6 Å². The van der Waals surface area contributed by atoms with Crippen molar-refractivity contribution >= 4 is 34.9 Å². The van der Waals surface area contributed by atoms with Gasteiger partial charge in [-0.1, -0.05) is 29.3 Å². The number of hydrogen-bond donors (Lipinski definition) is 2. The molecule has 0 aliphatic carbocycles. The highest BCUT2D eigenvalue weighted by Gasteiger charge is 2.45. The van der Waals surface area contributed by atoms with Crippen LogP contribution in [0.25, 0.3) is 0 Å². The SMILES string of the molecule is NC(=O)N(N)c1ccc(OCC2COC(Cn3cncn3)(c3ccc(Cl)cc3Cl)O2)cc1. The molecular formula is C20H20Cl2N6O4. The molecule has 2 atom stereocenters. The van der Waals surface area contributed by atoms with Gasteiger partial charge in [0.2, 0.25) is 5.79 Å². The number of ether oxygens (including phenoxy) is 3. The van der Waals surface area contributed by atoms with Crippen LogP contribution in [0.3, 0.4) is 0 Å². The van der Waals surface area contributed by atoms with Gasteiger partial charge in [0.25, 0.3) is 0 Å². The second kappa shape index (κ2) is 9.31. The molecule has 2 aromatic carbocycles. The second-order valence-corrected chi connectivity index (χ2v) is 7.88. The maximum absolute atomic E-state index is 11.2. The molecule has 1 saturated heterocycles. The molecule has 12 heteroatoms. The van der Waals surface area contributed by atoms with Crippen LogP contribution in [0.15, 0.2) is 55.1 Å². The summed E-state index contributed by atoms with van der Waals surface area (Å²) in [6, 6.07) is 10.9. The Morgan fingerprint density at radius 1 is 1.28 bits per heavy atom. The first-order valence-corrected chi connectivity index (χ1v) is 10.3. The lowest BCUT2D eigenvalue weighted by molar-refractivity contribution is -0.190. The zero-order valence-electron chi connectivity index (χ0n) is 16.7. The summed E-state index contributed by atoms with van der Waals surface area (Å²) in [7, 11) is 0. The van der Waals surface area contributed by atoms with E-state index in [4.69, 9.17) is 49.0 Å². The van der Waals surface area contributed by atoms with Gasteiger partial charge in [0.15, 0.2) is 0 Å². The molecule has 2 unspecified atom stereocenters. The second-order valence-electron chi connectivity index (χ2n) is 7.03. The van der Waals surface area contributed by atoms with Gasteiger partial charge in [0.1, 0.15) is 37.7 Å². The van der Waals surface area contributed by atoms with Crippen LogP contribution < -0.4 is 21.3 Å². The number of primary amides is 1. The van der Waals surface area contributed by atoms with E-state index in [1.54, 1.807) is 53.5 Å². The van der Waals surface area contributed by atoms with Crippen molar-refractivity contribution in [3.05, 3.63) is 70.7 Å². The van der Waals surface area contributed by atoms with Crippen molar-refractivity contribution in [2.75, 3.05) is 18.2 Å². The Kier molecular flexibility index (Phi) is 6.49. The molecule has 2 heterocycles. The van der Waals surface area contributed by atoms with E-state index in [1.165, 1.54) is 6.33 Å². The number of benzene rings is 2. The van der Waals surface area contributed by atoms with Crippen molar-refractivity contribution in [1.82, 2.24) is 14.8 Å². The number of amides is 2. The number of nitrogens with zero attached hydrogens (tertiary/aromatic N) is 4. The molecule has 2 amide bonds. The topological polar surface area (TPSA) is 131 Å². The lowest BCUT2D eigenvalue weighted by Crippen LogP contribution is -2.41. The van der Waals surface area contributed by atoms with Crippen LogP contribution in [0.1, 0.15) is 5.56 Å². The standard InChI is InChI=1S/C20H20Cl2N6O4/c21-13-1-6-17(18(22)7-13)20(10-27-12-25-11-26-27)31-9-16(32-20)8-30-15-4-2-14(3-5-15)28(24)19(23)29/h1-7,11-12,16H,8-10,24H2,(H2,23,29). The number of carbonyl (C=O) groups is 1. The van der Waals surface area contributed by atoms with Gasteiger partial charge in [0.05, 0.1) is 17.3 Å². The van der Waals surface area contributed by atoms with E-state index in [0.29, 0.717) is 27.0 Å². The number of hydrogen-bond acceptors (Lipinski definition) is 7. The van der Waals surface area contributed by atoms with Crippen LogP contribution in [0, 0.1) is 0 Å². The Bertz CT molecular complexity index is 1080. The summed E-state index contributed by atoms with van der Waals surface area (Å²) in [6.45, 7) is 0.717. The number of rotatable bonds is 7. The highest BCUT2D eigenvalue weighted by molar-refractivity contribution is 6.35. The Morgan fingerprint density at radius 2 is 2.06 bits per heavy atom. The first kappa shape index (κ1) is 22.3. The third kappa shape index (κ3) is 4.79. The molecule has 32 heavy (non-hydrogen) atoms. The maximum Gasteiger partial charge on any atom is 0.333 e. The lowest BCUT2D eigenvalue weighted by Gasteiger charge is -2.29. The molecule has 10 nitrogen and oxygen atoms in total. The fourth-order valence-electron chi connectivity index (χ4n) is 3.30. The summed E-state index contributed by atoms with van der Waals surface area (Å²) >= 11 is 12.5. The van der Waals surface area contributed by atoms with E-state index in [-0.39, 0.29) is 25.9 Å². The average Bonchev–Trinajstić information content (AvgIpc) is 3.43. The molecule has 1 aliphatic heterocycles. The summed E-state index contributed by atoms with van der Waals surface area (Å²) in [4.78, 5) is 15.1. The van der Waals surface area contributed by atoms with Gasteiger partial charge < -0.3 is 19.9 Å². The van der Waals surface area contributed by atoms with Gasteiger partial charge in [-0.25, -0.2) is 25.3 Å². The van der Waals surface area contributed by atoms with Gasteiger partial charge >= 0.3 is 6.03 Å². The van der Waals surface area contributed by atoms with E-state index in [2.05, 4.69) is 10.1 Å². The molecule has 3 aromatic rings. The van der Waals surface area contributed by atoms with E-state index < -0.39 is 11.8 Å².